The Morgan fingerprint density at radius 3 is 1.74 bits per heavy atom. The topological polar surface area (TPSA) is 114 Å². The number of nitrogens with zero attached hydrogens (tertiary/aromatic N) is 1. The third-order valence-corrected chi connectivity index (χ3v) is 8.00. The third kappa shape index (κ3) is 12.7. The molecule has 0 aliphatic carbocycles. The van der Waals surface area contributed by atoms with Crippen molar-refractivity contribution < 1.29 is 28.7 Å². The Hall–Kier alpha value is -4.66. The van der Waals surface area contributed by atoms with Crippen LogP contribution in [0.3, 0.4) is 0 Å². The highest BCUT2D eigenvalue weighted by Crippen LogP contribution is 2.27. The van der Waals surface area contributed by atoms with Crippen molar-refractivity contribution in [3.8, 4) is 0 Å². The number of esters is 1. The minimum atomic E-state index is -1.12. The first-order chi connectivity index (χ1) is 23.5. The molecule has 270 valence electrons. The zero-order valence-electron chi connectivity index (χ0n) is 31.2. The zero-order chi connectivity index (χ0) is 37.1. The van der Waals surface area contributed by atoms with Crippen LogP contribution in [0.4, 0.5) is 4.79 Å². The molecular weight excluding hydrogens is 630 g/mol. The molecule has 0 heterocycles. The van der Waals surface area contributed by atoms with Crippen LogP contribution < -0.4 is 10.6 Å². The molecule has 0 radical (unpaired) electrons. The van der Waals surface area contributed by atoms with Crippen molar-refractivity contribution in [2.45, 2.75) is 117 Å². The van der Waals surface area contributed by atoms with Crippen LogP contribution in [0.25, 0.3) is 0 Å². The minimum Gasteiger partial charge on any atom is -0.458 e. The van der Waals surface area contributed by atoms with Gasteiger partial charge in [0.05, 0.1) is 0 Å². The maximum absolute atomic E-state index is 14.8. The molecule has 3 rings (SSSR count). The number of aryl methyl sites for hydroxylation is 2. The van der Waals surface area contributed by atoms with Crippen molar-refractivity contribution in [1.29, 1.82) is 0 Å². The highest BCUT2D eigenvalue weighted by molar-refractivity contribution is 5.94. The van der Waals surface area contributed by atoms with Gasteiger partial charge in [-0.3, -0.25) is 9.59 Å². The lowest BCUT2D eigenvalue weighted by Crippen LogP contribution is -2.55. The van der Waals surface area contributed by atoms with E-state index in [1.54, 1.807) is 41.5 Å². The van der Waals surface area contributed by atoms with Gasteiger partial charge in [-0.1, -0.05) is 92.2 Å². The number of unbranched alkanes of at least 4 members (excludes halogenated alkanes) is 1. The molecule has 0 spiro atoms. The van der Waals surface area contributed by atoms with E-state index in [1.807, 2.05) is 99.6 Å². The standard InChI is InChI=1S/C41H55N3O6/c1-10-11-24-44(37(46)33(26-30-18-14-12-15-19-30)43-39(48)50-41(7,8)9)35(32-23-22-28(2)29(3)25-32)36(45)42-34(38(47)49-40(4,5)6)27-31-20-16-13-17-21-31/h12-23,25,33-35H,10-11,24,26-27H2,1-9H3,(H,42,45)(H,43,48). The van der Waals surface area contributed by atoms with Crippen LogP contribution in [0.5, 0.6) is 0 Å². The molecule has 3 amide bonds. The van der Waals surface area contributed by atoms with Crippen molar-refractivity contribution in [2.75, 3.05) is 6.54 Å². The number of carbonyl (C=O) groups excluding carboxylic acids is 4. The molecule has 3 aromatic rings. The Kier molecular flexibility index (Phi) is 14.2. The molecule has 0 aliphatic heterocycles. The number of hydrogen-bond donors (Lipinski definition) is 2. The summed E-state index contributed by atoms with van der Waals surface area (Å²) < 4.78 is 11.3. The van der Waals surface area contributed by atoms with Gasteiger partial charge >= 0.3 is 12.1 Å². The van der Waals surface area contributed by atoms with Crippen molar-refractivity contribution in [1.82, 2.24) is 15.5 Å². The molecule has 0 fully saturated rings. The molecular formula is C41H55N3O6. The maximum Gasteiger partial charge on any atom is 0.408 e. The Balaban J connectivity index is 2.12. The van der Waals surface area contributed by atoms with Crippen LogP contribution >= 0.6 is 0 Å². The first-order valence-electron chi connectivity index (χ1n) is 17.5. The molecule has 0 aliphatic rings. The number of amides is 3. The maximum atomic E-state index is 14.8. The monoisotopic (exact) mass is 685 g/mol. The van der Waals surface area contributed by atoms with E-state index in [4.69, 9.17) is 9.47 Å². The minimum absolute atomic E-state index is 0.178. The van der Waals surface area contributed by atoms with Crippen LogP contribution in [0.2, 0.25) is 0 Å². The largest absolute Gasteiger partial charge is 0.458 e. The number of ether oxygens (including phenoxy) is 2. The summed E-state index contributed by atoms with van der Waals surface area (Å²) in [6.45, 7) is 16.8. The van der Waals surface area contributed by atoms with E-state index in [9.17, 15) is 19.2 Å². The van der Waals surface area contributed by atoms with Gasteiger partial charge in [0.2, 0.25) is 11.8 Å². The van der Waals surface area contributed by atoms with E-state index in [0.29, 0.717) is 12.0 Å². The summed E-state index contributed by atoms with van der Waals surface area (Å²) in [5.41, 5.74) is 2.67. The quantitative estimate of drug-likeness (QED) is 0.174. The fraction of sp³-hybridized carbons (Fsp3) is 0.463. The molecule has 50 heavy (non-hydrogen) atoms. The summed E-state index contributed by atoms with van der Waals surface area (Å²) in [5, 5.41) is 5.78. The zero-order valence-corrected chi connectivity index (χ0v) is 31.2. The van der Waals surface area contributed by atoms with Gasteiger partial charge in [0.15, 0.2) is 0 Å². The van der Waals surface area contributed by atoms with Crippen molar-refractivity contribution in [3.05, 3.63) is 107 Å². The average Bonchev–Trinajstić information content (AvgIpc) is 3.02. The Morgan fingerprint density at radius 1 is 0.700 bits per heavy atom. The highest BCUT2D eigenvalue weighted by atomic mass is 16.6. The summed E-state index contributed by atoms with van der Waals surface area (Å²) in [5.74, 6) is -1.54. The van der Waals surface area contributed by atoms with Gasteiger partial charge in [-0.25, -0.2) is 9.59 Å². The summed E-state index contributed by atoms with van der Waals surface area (Å²) in [4.78, 5) is 57.8. The third-order valence-electron chi connectivity index (χ3n) is 8.00. The Bertz CT molecular complexity index is 1580. The number of rotatable bonds is 14. The predicted molar refractivity (Wildman–Crippen MR) is 197 cm³/mol. The van der Waals surface area contributed by atoms with E-state index >= 15 is 0 Å². The van der Waals surface area contributed by atoms with Gasteiger partial charge in [0, 0.05) is 19.4 Å². The van der Waals surface area contributed by atoms with Gasteiger partial charge < -0.3 is 25.0 Å². The van der Waals surface area contributed by atoms with Gasteiger partial charge in [-0.05, 0) is 89.6 Å². The number of alkyl carbamates (subject to hydrolysis) is 1. The summed E-state index contributed by atoms with van der Waals surface area (Å²) >= 11 is 0. The molecule has 0 saturated heterocycles. The van der Waals surface area contributed by atoms with Crippen LogP contribution in [0.1, 0.15) is 95.2 Å². The number of nitrogens with one attached hydrogen (secondary N) is 2. The van der Waals surface area contributed by atoms with E-state index in [1.165, 1.54) is 4.90 Å². The second-order valence-corrected chi connectivity index (χ2v) is 14.8. The van der Waals surface area contributed by atoms with E-state index in [-0.39, 0.29) is 19.4 Å². The molecule has 2 N–H and O–H groups in total. The Labute approximate surface area is 298 Å². The van der Waals surface area contributed by atoms with Crippen LogP contribution in [0.15, 0.2) is 78.9 Å². The lowest BCUT2D eigenvalue weighted by atomic mass is 9.96. The van der Waals surface area contributed by atoms with Crippen molar-refractivity contribution >= 4 is 23.9 Å². The number of hydrogen-bond acceptors (Lipinski definition) is 6. The van der Waals surface area contributed by atoms with Gasteiger partial charge in [0.25, 0.3) is 0 Å². The van der Waals surface area contributed by atoms with E-state index in [0.717, 1.165) is 28.7 Å². The fourth-order valence-corrected chi connectivity index (χ4v) is 5.47. The fourth-order valence-electron chi connectivity index (χ4n) is 5.47. The van der Waals surface area contributed by atoms with Crippen LogP contribution in [-0.4, -0.2) is 58.6 Å². The van der Waals surface area contributed by atoms with E-state index < -0.39 is 53.2 Å². The van der Waals surface area contributed by atoms with Gasteiger partial charge in [-0.15, -0.1) is 0 Å². The molecule has 0 saturated carbocycles. The first kappa shape index (κ1) is 39.8. The molecule has 0 bridgehead atoms. The second-order valence-electron chi connectivity index (χ2n) is 14.8. The molecule has 0 aromatic heterocycles. The van der Waals surface area contributed by atoms with Crippen LogP contribution in [-0.2, 0) is 36.7 Å². The van der Waals surface area contributed by atoms with E-state index in [2.05, 4.69) is 10.6 Å². The molecule has 9 nitrogen and oxygen atoms in total. The SMILES string of the molecule is CCCCN(C(=O)C(Cc1ccccc1)NC(=O)OC(C)(C)C)C(C(=O)NC(Cc1ccccc1)C(=O)OC(C)(C)C)c1ccc(C)c(C)c1. The number of carbonyl (C=O) groups is 4. The second kappa shape index (κ2) is 17.8. The molecule has 3 atom stereocenters. The smallest absolute Gasteiger partial charge is 0.408 e. The molecule has 9 heteroatoms. The lowest BCUT2D eigenvalue weighted by Gasteiger charge is -2.35. The molecule has 3 unspecified atom stereocenters. The predicted octanol–water partition coefficient (Wildman–Crippen LogP) is 7.18. The van der Waals surface area contributed by atoms with Crippen molar-refractivity contribution in [3.63, 3.8) is 0 Å². The van der Waals surface area contributed by atoms with Crippen molar-refractivity contribution in [2.24, 2.45) is 0 Å². The summed E-state index contributed by atoms with van der Waals surface area (Å²) in [6, 6.07) is 21.3. The first-order valence-corrected chi connectivity index (χ1v) is 17.5. The van der Waals surface area contributed by atoms with Crippen LogP contribution in [0, 0.1) is 13.8 Å². The van der Waals surface area contributed by atoms with Gasteiger partial charge in [-0.2, -0.15) is 0 Å². The molecule has 3 aromatic carbocycles. The highest BCUT2D eigenvalue weighted by Gasteiger charge is 2.38. The normalized spacial score (nSPS) is 13.4. The lowest BCUT2D eigenvalue weighted by molar-refractivity contribution is -0.159. The summed E-state index contributed by atoms with van der Waals surface area (Å²) in [6.07, 6.45) is 0.993. The van der Waals surface area contributed by atoms with Gasteiger partial charge in [0.1, 0.15) is 29.3 Å². The Morgan fingerprint density at radius 2 is 1.24 bits per heavy atom. The average molecular weight is 686 g/mol. The number of benzene rings is 3. The summed E-state index contributed by atoms with van der Waals surface area (Å²) in [7, 11) is 0.